The summed E-state index contributed by atoms with van der Waals surface area (Å²) in [7, 11) is 2.16. The van der Waals surface area contributed by atoms with E-state index in [0.29, 0.717) is 18.2 Å². The molecular weight excluding hydrogens is 400 g/mol. The van der Waals surface area contributed by atoms with Crippen LogP contribution in [0.3, 0.4) is 0 Å². The van der Waals surface area contributed by atoms with Gasteiger partial charge in [0.25, 0.3) is 0 Å². The van der Waals surface area contributed by atoms with Gasteiger partial charge in [-0.25, -0.2) is 9.97 Å². The second-order valence-electron chi connectivity index (χ2n) is 9.20. The van der Waals surface area contributed by atoms with Gasteiger partial charge >= 0.3 is 0 Å². The number of piperidine rings is 1. The van der Waals surface area contributed by atoms with Crippen LogP contribution in [0.25, 0.3) is 22.3 Å². The number of rotatable bonds is 6. The number of fused-ring (bicyclic) bond motifs is 1. The summed E-state index contributed by atoms with van der Waals surface area (Å²) in [5.41, 5.74) is 3.14. The summed E-state index contributed by atoms with van der Waals surface area (Å²) >= 11 is 0. The number of nitrogens with one attached hydrogen (secondary N) is 1. The van der Waals surface area contributed by atoms with E-state index >= 15 is 0 Å². The van der Waals surface area contributed by atoms with Gasteiger partial charge in [0, 0.05) is 35.7 Å². The van der Waals surface area contributed by atoms with Crippen LogP contribution in [0.15, 0.2) is 36.8 Å². The number of likely N-dealkylation sites (tertiary alicyclic amines) is 1. The molecule has 3 aromatic rings. The van der Waals surface area contributed by atoms with E-state index in [1.165, 1.54) is 12.8 Å². The first-order valence-corrected chi connectivity index (χ1v) is 11.7. The highest BCUT2D eigenvalue weighted by molar-refractivity contribution is 5.85. The predicted molar refractivity (Wildman–Crippen MR) is 125 cm³/mol. The smallest absolute Gasteiger partial charge is 0.145 e. The maximum absolute atomic E-state index is 12.6. The number of aromatic nitrogens is 4. The fourth-order valence-corrected chi connectivity index (χ4v) is 4.79. The maximum Gasteiger partial charge on any atom is 0.145 e. The number of anilines is 1. The van der Waals surface area contributed by atoms with Gasteiger partial charge in [-0.1, -0.05) is 12.8 Å². The lowest BCUT2D eigenvalue weighted by Gasteiger charge is -2.29. The molecule has 0 aromatic carbocycles. The van der Waals surface area contributed by atoms with Crippen molar-refractivity contribution < 1.29 is 4.79 Å². The van der Waals surface area contributed by atoms with Crippen molar-refractivity contribution in [3.8, 4) is 11.4 Å². The quantitative estimate of drug-likeness (QED) is 0.635. The zero-order chi connectivity index (χ0) is 21.9. The normalized spacial score (nSPS) is 18.3. The lowest BCUT2D eigenvalue weighted by atomic mass is 9.98. The number of carbonyl (C=O) groups is 1. The molecule has 2 aliphatic rings. The van der Waals surface area contributed by atoms with Crippen molar-refractivity contribution in [2.75, 3.05) is 25.5 Å². The summed E-state index contributed by atoms with van der Waals surface area (Å²) < 4.78 is 0. The summed E-state index contributed by atoms with van der Waals surface area (Å²) in [5, 5.41) is 4.49. The molecular formula is C25H30N6O. The number of ketones is 1. The molecule has 0 bridgehead atoms. The van der Waals surface area contributed by atoms with Crippen LogP contribution in [0.4, 0.5) is 5.82 Å². The largest absolute Gasteiger partial charge is 0.366 e. The van der Waals surface area contributed by atoms with E-state index in [9.17, 15) is 4.79 Å². The monoisotopic (exact) mass is 430 g/mol. The van der Waals surface area contributed by atoms with Crippen molar-refractivity contribution in [2.24, 2.45) is 5.92 Å². The van der Waals surface area contributed by atoms with Crippen LogP contribution in [0.1, 0.15) is 44.2 Å². The lowest BCUT2D eigenvalue weighted by molar-refractivity contribution is -0.122. The Kier molecular flexibility index (Phi) is 6.08. The molecule has 166 valence electrons. The molecule has 0 spiro atoms. The van der Waals surface area contributed by atoms with Gasteiger partial charge in [-0.3, -0.25) is 14.8 Å². The van der Waals surface area contributed by atoms with E-state index in [1.807, 2.05) is 24.4 Å². The molecule has 3 aromatic heterocycles. The maximum atomic E-state index is 12.6. The molecule has 4 heterocycles. The molecule has 0 atom stereocenters. The Hall–Kier alpha value is -2.93. The number of Topliss-reactive ketones (excluding diaryl/α,β-unsaturated/α-hetero) is 1. The molecule has 1 aliphatic carbocycles. The second kappa shape index (κ2) is 9.28. The van der Waals surface area contributed by atoms with E-state index in [2.05, 4.69) is 27.2 Å². The first-order chi connectivity index (χ1) is 15.6. The SMILES string of the molecule is CN1CCC(Nc2cncc(-c3ccc4cnc(CC(=O)C5CCCC5)cc4n3)n2)CC1. The zero-order valence-corrected chi connectivity index (χ0v) is 18.6. The number of pyridine rings is 2. The highest BCUT2D eigenvalue weighted by Gasteiger charge is 2.23. The molecule has 1 saturated heterocycles. The molecule has 0 unspecified atom stereocenters. The third-order valence-corrected chi connectivity index (χ3v) is 6.76. The van der Waals surface area contributed by atoms with Crippen LogP contribution in [0, 0.1) is 5.92 Å². The molecule has 1 aliphatic heterocycles. The van der Waals surface area contributed by atoms with E-state index < -0.39 is 0 Å². The van der Waals surface area contributed by atoms with Crippen molar-refractivity contribution in [3.05, 3.63) is 42.5 Å². The number of hydrogen-bond donors (Lipinski definition) is 1. The van der Waals surface area contributed by atoms with E-state index in [-0.39, 0.29) is 5.92 Å². The second-order valence-corrected chi connectivity index (χ2v) is 9.20. The summed E-state index contributed by atoms with van der Waals surface area (Å²) in [5.74, 6) is 1.31. The van der Waals surface area contributed by atoms with Gasteiger partial charge in [-0.05, 0) is 64.0 Å². The first kappa shape index (κ1) is 20.9. The average Bonchev–Trinajstić information content (AvgIpc) is 3.36. The molecule has 7 heteroatoms. The molecule has 2 fully saturated rings. The topological polar surface area (TPSA) is 83.9 Å². The highest BCUT2D eigenvalue weighted by Crippen LogP contribution is 2.27. The summed E-state index contributed by atoms with van der Waals surface area (Å²) in [6.07, 6.45) is 12.3. The Balaban J connectivity index is 1.34. The van der Waals surface area contributed by atoms with Crippen molar-refractivity contribution in [3.63, 3.8) is 0 Å². The Labute approximate surface area is 188 Å². The van der Waals surface area contributed by atoms with Gasteiger partial charge in [0.2, 0.25) is 0 Å². The van der Waals surface area contributed by atoms with Crippen LogP contribution in [-0.2, 0) is 11.2 Å². The molecule has 32 heavy (non-hydrogen) atoms. The minimum Gasteiger partial charge on any atom is -0.366 e. The van der Waals surface area contributed by atoms with Gasteiger partial charge in [-0.2, -0.15) is 0 Å². The zero-order valence-electron chi connectivity index (χ0n) is 18.6. The average molecular weight is 431 g/mol. The van der Waals surface area contributed by atoms with E-state index in [1.54, 1.807) is 12.4 Å². The van der Waals surface area contributed by atoms with Crippen molar-refractivity contribution >= 4 is 22.5 Å². The van der Waals surface area contributed by atoms with Gasteiger partial charge in [0.05, 0.1) is 23.6 Å². The first-order valence-electron chi connectivity index (χ1n) is 11.7. The number of hydrogen-bond acceptors (Lipinski definition) is 7. The van der Waals surface area contributed by atoms with Crippen LogP contribution in [0.2, 0.25) is 0 Å². The molecule has 1 N–H and O–H groups in total. The predicted octanol–water partition coefficient (Wildman–Crippen LogP) is 3.89. The summed E-state index contributed by atoms with van der Waals surface area (Å²) in [4.78, 5) is 33.4. The third kappa shape index (κ3) is 4.78. The summed E-state index contributed by atoms with van der Waals surface area (Å²) in [6, 6.07) is 6.33. The van der Waals surface area contributed by atoms with E-state index in [4.69, 9.17) is 9.97 Å². The molecule has 5 rings (SSSR count). The van der Waals surface area contributed by atoms with Crippen LogP contribution >= 0.6 is 0 Å². The minimum atomic E-state index is 0.210. The fourth-order valence-electron chi connectivity index (χ4n) is 4.79. The molecule has 0 radical (unpaired) electrons. The van der Waals surface area contributed by atoms with Crippen molar-refractivity contribution in [2.45, 2.75) is 51.0 Å². The fraction of sp³-hybridized carbons (Fsp3) is 0.480. The number of carbonyl (C=O) groups excluding carboxylic acids is 1. The Morgan fingerprint density at radius 2 is 1.84 bits per heavy atom. The van der Waals surface area contributed by atoms with Crippen LogP contribution in [-0.4, -0.2) is 56.8 Å². The highest BCUT2D eigenvalue weighted by atomic mass is 16.1. The van der Waals surface area contributed by atoms with Crippen molar-refractivity contribution in [1.82, 2.24) is 24.8 Å². The van der Waals surface area contributed by atoms with Gasteiger partial charge in [0.1, 0.15) is 17.3 Å². The summed E-state index contributed by atoms with van der Waals surface area (Å²) in [6.45, 7) is 2.19. The minimum absolute atomic E-state index is 0.210. The Morgan fingerprint density at radius 1 is 1.03 bits per heavy atom. The third-order valence-electron chi connectivity index (χ3n) is 6.76. The lowest BCUT2D eigenvalue weighted by Crippen LogP contribution is -2.36. The van der Waals surface area contributed by atoms with Gasteiger partial charge < -0.3 is 10.2 Å². The molecule has 7 nitrogen and oxygen atoms in total. The van der Waals surface area contributed by atoms with Crippen molar-refractivity contribution in [1.29, 1.82) is 0 Å². The van der Waals surface area contributed by atoms with Gasteiger partial charge in [-0.15, -0.1) is 0 Å². The van der Waals surface area contributed by atoms with Crippen LogP contribution in [0.5, 0.6) is 0 Å². The molecule has 1 saturated carbocycles. The standard InChI is InChI=1S/C25H30N6O/c1-31-10-8-19(9-11-31)28-25-16-26-15-23(30-25)21-7-6-18-14-27-20(12-22(18)29-21)13-24(32)17-4-2-3-5-17/h6-7,12,14-17,19H,2-5,8-11,13H2,1H3,(H,28,30). The number of nitrogens with zero attached hydrogens (tertiary/aromatic N) is 5. The van der Waals surface area contributed by atoms with E-state index in [0.717, 1.165) is 72.6 Å². The van der Waals surface area contributed by atoms with Gasteiger partial charge in [0.15, 0.2) is 0 Å². The van der Waals surface area contributed by atoms with Crippen LogP contribution < -0.4 is 5.32 Å². The Bertz CT molecular complexity index is 1100. The molecule has 0 amide bonds. The Morgan fingerprint density at radius 3 is 2.66 bits per heavy atom.